The van der Waals surface area contributed by atoms with Crippen LogP contribution in [0.3, 0.4) is 0 Å². The van der Waals surface area contributed by atoms with Crippen molar-refractivity contribution in [2.45, 2.75) is 27.2 Å². The third-order valence-corrected chi connectivity index (χ3v) is 5.88. The Hall–Kier alpha value is -3.71. The summed E-state index contributed by atoms with van der Waals surface area (Å²) in [5.74, 6) is -1.34. The fourth-order valence-electron chi connectivity index (χ4n) is 3.76. The minimum absolute atomic E-state index is 0.0670. The van der Waals surface area contributed by atoms with E-state index < -0.39 is 11.7 Å². The predicted octanol–water partition coefficient (Wildman–Crippen LogP) is 4.93. The average molecular weight is 494 g/mol. The Kier molecular flexibility index (Phi) is 8.60. The molecular weight excluding hydrogens is 466 g/mol. The summed E-state index contributed by atoms with van der Waals surface area (Å²) in [6.07, 6.45) is 2.10. The van der Waals surface area contributed by atoms with E-state index in [1.807, 2.05) is 67.9 Å². The summed E-state index contributed by atoms with van der Waals surface area (Å²) in [6.45, 7) is 6.56. The molecule has 8 heteroatoms. The number of ether oxygens (including phenoxy) is 1. The highest BCUT2D eigenvalue weighted by molar-refractivity contribution is 6.38. The lowest BCUT2D eigenvalue weighted by atomic mass is 9.88. The smallest absolute Gasteiger partial charge is 0.333 e. The summed E-state index contributed by atoms with van der Waals surface area (Å²) in [5, 5.41) is 0. The number of benzene rings is 2. The molecule has 7 nitrogen and oxygen atoms in total. The second-order valence-electron chi connectivity index (χ2n) is 8.26. The van der Waals surface area contributed by atoms with Crippen LogP contribution in [0, 0.1) is 0 Å². The number of likely N-dealkylation sites (N-methyl/N-ethyl adjacent to an activating group) is 1. The lowest BCUT2D eigenvalue weighted by molar-refractivity contribution is -0.138. The SMILES string of the molecule is CCC(C(=O)OCCN(C)c1ccc(N=C2C=C(C(=O)NCl)C(=O)c3ccccc32)cc1)=C(C)C. The molecule has 0 unspecified atom stereocenters. The number of allylic oxidation sites excluding steroid dienone is 2. The highest BCUT2D eigenvalue weighted by Gasteiger charge is 2.28. The van der Waals surface area contributed by atoms with Gasteiger partial charge in [0.25, 0.3) is 5.91 Å². The van der Waals surface area contributed by atoms with Crippen molar-refractivity contribution in [2.75, 3.05) is 25.1 Å². The number of carbonyl (C=O) groups is 3. The van der Waals surface area contributed by atoms with Gasteiger partial charge in [-0.25, -0.2) is 9.79 Å². The monoisotopic (exact) mass is 493 g/mol. The van der Waals surface area contributed by atoms with Crippen molar-refractivity contribution in [3.63, 3.8) is 0 Å². The molecule has 1 N–H and O–H groups in total. The zero-order valence-corrected chi connectivity index (χ0v) is 21.0. The molecule has 0 saturated carbocycles. The van der Waals surface area contributed by atoms with Gasteiger partial charge in [0, 0.05) is 41.2 Å². The van der Waals surface area contributed by atoms with Gasteiger partial charge in [0.05, 0.1) is 23.5 Å². The van der Waals surface area contributed by atoms with Gasteiger partial charge in [0.2, 0.25) is 0 Å². The Labute approximate surface area is 210 Å². The van der Waals surface area contributed by atoms with Crippen LogP contribution in [-0.2, 0) is 14.3 Å². The molecule has 182 valence electrons. The Morgan fingerprint density at radius 3 is 2.31 bits per heavy atom. The first-order valence-corrected chi connectivity index (χ1v) is 11.6. The van der Waals surface area contributed by atoms with Crippen LogP contribution in [0.25, 0.3) is 0 Å². The van der Waals surface area contributed by atoms with Crippen molar-refractivity contribution in [3.8, 4) is 0 Å². The maximum absolute atomic E-state index is 12.7. The molecule has 2 aromatic carbocycles. The summed E-state index contributed by atoms with van der Waals surface area (Å²) in [7, 11) is 1.92. The molecule has 0 heterocycles. The fourth-order valence-corrected chi connectivity index (χ4v) is 3.86. The van der Waals surface area contributed by atoms with Crippen LogP contribution >= 0.6 is 11.8 Å². The third-order valence-electron chi connectivity index (χ3n) is 5.71. The fraction of sp³-hybridized carbons (Fsp3) is 0.259. The number of nitrogens with zero attached hydrogens (tertiary/aromatic N) is 2. The number of halogens is 1. The molecule has 3 rings (SSSR count). The van der Waals surface area contributed by atoms with E-state index in [0.717, 1.165) is 11.3 Å². The molecule has 0 spiro atoms. The van der Waals surface area contributed by atoms with Crippen molar-refractivity contribution in [3.05, 3.63) is 82.5 Å². The van der Waals surface area contributed by atoms with E-state index in [-0.39, 0.29) is 18.1 Å². The second-order valence-corrected chi connectivity index (χ2v) is 8.45. The van der Waals surface area contributed by atoms with Gasteiger partial charge in [0.1, 0.15) is 6.61 Å². The summed E-state index contributed by atoms with van der Waals surface area (Å²) >= 11 is 5.46. The molecule has 35 heavy (non-hydrogen) atoms. The number of amides is 1. The van der Waals surface area contributed by atoms with Gasteiger partial charge in [-0.3, -0.25) is 14.4 Å². The van der Waals surface area contributed by atoms with Crippen LogP contribution in [0.4, 0.5) is 11.4 Å². The first kappa shape index (κ1) is 25.9. The quantitative estimate of drug-likeness (QED) is 0.244. The van der Waals surface area contributed by atoms with Crippen molar-refractivity contribution in [1.29, 1.82) is 0 Å². The molecule has 0 bridgehead atoms. The van der Waals surface area contributed by atoms with E-state index in [1.54, 1.807) is 18.2 Å². The first-order chi connectivity index (χ1) is 16.8. The number of aliphatic imine (C=N–C) groups is 1. The van der Waals surface area contributed by atoms with Crippen molar-refractivity contribution in [2.24, 2.45) is 4.99 Å². The summed E-state index contributed by atoms with van der Waals surface area (Å²) in [4.78, 5) is 45.6. The number of fused-ring (bicyclic) bond motifs is 1. The topological polar surface area (TPSA) is 88.1 Å². The van der Waals surface area contributed by atoms with Crippen LogP contribution in [0.15, 0.2) is 76.3 Å². The maximum Gasteiger partial charge on any atom is 0.333 e. The van der Waals surface area contributed by atoms with E-state index >= 15 is 0 Å². The summed E-state index contributed by atoms with van der Waals surface area (Å²) in [5.41, 5.74) is 4.74. The largest absolute Gasteiger partial charge is 0.460 e. The van der Waals surface area contributed by atoms with E-state index in [4.69, 9.17) is 16.5 Å². The maximum atomic E-state index is 12.7. The highest BCUT2D eigenvalue weighted by atomic mass is 35.5. The van der Waals surface area contributed by atoms with Crippen LogP contribution in [0.1, 0.15) is 43.1 Å². The number of Topliss-reactive ketones (excluding diaryl/α,β-unsaturated/α-hetero) is 1. The molecule has 1 amide bonds. The van der Waals surface area contributed by atoms with E-state index in [2.05, 4.69) is 4.99 Å². The minimum Gasteiger partial charge on any atom is -0.460 e. The van der Waals surface area contributed by atoms with Gasteiger partial charge in [-0.1, -0.05) is 36.8 Å². The number of ketones is 1. The van der Waals surface area contributed by atoms with Gasteiger partial charge in [-0.15, -0.1) is 0 Å². The Morgan fingerprint density at radius 2 is 1.71 bits per heavy atom. The molecular formula is C27H28ClN3O4. The average Bonchev–Trinajstić information content (AvgIpc) is 2.85. The molecule has 2 aromatic rings. The molecule has 0 saturated heterocycles. The third kappa shape index (κ3) is 6.05. The number of anilines is 1. The standard InChI is InChI=1S/C27H28ClN3O4/c1-5-20(17(2)3)27(34)35-15-14-31(4)19-12-10-18(11-13-19)29-24-16-23(26(33)30-28)25(32)22-9-7-6-8-21(22)24/h6-13,16H,5,14-15H2,1-4H3,(H,30,33). The normalized spacial score (nSPS) is 13.6. The van der Waals surface area contributed by atoms with Gasteiger partial charge < -0.3 is 9.64 Å². The first-order valence-electron chi connectivity index (χ1n) is 11.3. The molecule has 0 aromatic heterocycles. The Balaban J connectivity index is 1.74. The van der Waals surface area contributed by atoms with Gasteiger partial charge in [0.15, 0.2) is 5.78 Å². The Morgan fingerprint density at radius 1 is 1.06 bits per heavy atom. The van der Waals surface area contributed by atoms with E-state index in [9.17, 15) is 14.4 Å². The lowest BCUT2D eigenvalue weighted by Crippen LogP contribution is -2.27. The number of nitrogens with one attached hydrogen (secondary N) is 1. The molecule has 0 radical (unpaired) electrons. The van der Waals surface area contributed by atoms with E-state index in [0.29, 0.717) is 41.1 Å². The number of carbonyl (C=O) groups excluding carboxylic acids is 3. The highest BCUT2D eigenvalue weighted by Crippen LogP contribution is 2.26. The van der Waals surface area contributed by atoms with E-state index in [1.165, 1.54) is 6.08 Å². The van der Waals surface area contributed by atoms with Crippen LogP contribution in [0.2, 0.25) is 0 Å². The molecule has 0 fully saturated rings. The zero-order valence-electron chi connectivity index (χ0n) is 20.2. The summed E-state index contributed by atoms with van der Waals surface area (Å²) < 4.78 is 5.42. The zero-order chi connectivity index (χ0) is 25.5. The second kappa shape index (κ2) is 11.6. The molecule has 1 aliphatic rings. The lowest BCUT2D eigenvalue weighted by Gasteiger charge is -2.20. The van der Waals surface area contributed by atoms with Crippen molar-refractivity contribution < 1.29 is 19.1 Å². The van der Waals surface area contributed by atoms with Gasteiger partial charge >= 0.3 is 5.97 Å². The van der Waals surface area contributed by atoms with Crippen LogP contribution in [-0.4, -0.2) is 43.6 Å². The number of rotatable bonds is 8. The predicted molar refractivity (Wildman–Crippen MR) is 138 cm³/mol. The number of hydrogen-bond acceptors (Lipinski definition) is 6. The van der Waals surface area contributed by atoms with Crippen LogP contribution in [0.5, 0.6) is 0 Å². The van der Waals surface area contributed by atoms with Gasteiger partial charge in [-0.2, -0.15) is 0 Å². The Bertz CT molecular complexity index is 1230. The molecule has 1 aliphatic carbocycles. The van der Waals surface area contributed by atoms with Crippen molar-refractivity contribution >= 4 is 46.5 Å². The minimum atomic E-state index is -0.674. The molecule has 0 aliphatic heterocycles. The summed E-state index contributed by atoms with van der Waals surface area (Å²) in [6, 6.07) is 14.5. The van der Waals surface area contributed by atoms with Crippen molar-refractivity contribution in [1.82, 2.24) is 4.84 Å². The van der Waals surface area contributed by atoms with Crippen LogP contribution < -0.4 is 9.74 Å². The number of hydrogen-bond donors (Lipinski definition) is 1. The number of esters is 1. The van der Waals surface area contributed by atoms with Gasteiger partial charge in [-0.05, 0) is 50.6 Å². The molecule has 0 atom stereocenters.